The molecule has 0 bridgehead atoms. The first-order valence-electron chi connectivity index (χ1n) is 7.58. The molecule has 2 rings (SSSR count). The molecule has 20 heavy (non-hydrogen) atoms. The third-order valence-corrected chi connectivity index (χ3v) is 6.05. The summed E-state index contributed by atoms with van der Waals surface area (Å²) in [4.78, 5) is 2.59. The van der Waals surface area contributed by atoms with Gasteiger partial charge in [-0.1, -0.05) is 51.1 Å². The van der Waals surface area contributed by atoms with Crippen LogP contribution in [0.2, 0.25) is 0 Å². The second-order valence-electron chi connectivity index (χ2n) is 6.76. The monoisotopic (exact) mass is 292 g/mol. The summed E-state index contributed by atoms with van der Waals surface area (Å²) in [7, 11) is 0. The minimum Gasteiger partial charge on any atom is -0.329 e. The van der Waals surface area contributed by atoms with Crippen LogP contribution in [0.3, 0.4) is 0 Å². The first-order chi connectivity index (χ1) is 9.51. The predicted octanol–water partition coefficient (Wildman–Crippen LogP) is 3.37. The van der Waals surface area contributed by atoms with E-state index in [4.69, 9.17) is 5.73 Å². The van der Waals surface area contributed by atoms with Gasteiger partial charge in [-0.15, -0.1) is 0 Å². The maximum absolute atomic E-state index is 6.23. The van der Waals surface area contributed by atoms with Gasteiger partial charge in [0.2, 0.25) is 0 Å². The molecule has 1 heterocycles. The number of thioether (sulfide) groups is 1. The summed E-state index contributed by atoms with van der Waals surface area (Å²) < 4.78 is 0. The number of nitrogens with two attached hydrogens (primary N) is 1. The Kier molecular flexibility index (Phi) is 5.16. The van der Waals surface area contributed by atoms with E-state index >= 15 is 0 Å². The van der Waals surface area contributed by atoms with Crippen LogP contribution in [0.1, 0.15) is 32.8 Å². The second-order valence-corrected chi connectivity index (χ2v) is 7.75. The van der Waals surface area contributed by atoms with Crippen molar-refractivity contribution in [3.8, 4) is 0 Å². The minimum atomic E-state index is 0.150. The zero-order valence-corrected chi connectivity index (χ0v) is 13.9. The summed E-state index contributed by atoms with van der Waals surface area (Å²) in [5.74, 6) is 2.41. The van der Waals surface area contributed by atoms with Crippen LogP contribution >= 0.6 is 11.8 Å². The molecule has 2 nitrogen and oxygen atoms in total. The van der Waals surface area contributed by atoms with Gasteiger partial charge < -0.3 is 5.73 Å². The third-order valence-electron chi connectivity index (χ3n) is 4.32. The van der Waals surface area contributed by atoms with Crippen molar-refractivity contribution in [3.63, 3.8) is 0 Å². The fourth-order valence-corrected chi connectivity index (χ4v) is 4.93. The SMILES string of the molecule is CCN(Cc1ccccc1)C1(CN)CSCC(C)(C)C1. The summed E-state index contributed by atoms with van der Waals surface area (Å²) in [6.45, 7) is 9.82. The van der Waals surface area contributed by atoms with Crippen molar-refractivity contribution in [1.82, 2.24) is 4.90 Å². The molecule has 3 heteroatoms. The maximum atomic E-state index is 6.23. The Hall–Kier alpha value is -0.510. The zero-order chi connectivity index (χ0) is 14.6. The third kappa shape index (κ3) is 3.57. The molecule has 1 unspecified atom stereocenters. The van der Waals surface area contributed by atoms with Gasteiger partial charge in [0.1, 0.15) is 0 Å². The number of benzene rings is 1. The van der Waals surface area contributed by atoms with E-state index in [2.05, 4.69) is 67.8 Å². The molecule has 0 radical (unpaired) electrons. The van der Waals surface area contributed by atoms with Crippen LogP contribution in [0.25, 0.3) is 0 Å². The molecule has 0 aliphatic carbocycles. The predicted molar refractivity (Wildman–Crippen MR) is 90.0 cm³/mol. The van der Waals surface area contributed by atoms with E-state index in [0.717, 1.165) is 25.4 Å². The van der Waals surface area contributed by atoms with Gasteiger partial charge in [-0.3, -0.25) is 4.90 Å². The van der Waals surface area contributed by atoms with Crippen molar-refractivity contribution < 1.29 is 0 Å². The summed E-state index contributed by atoms with van der Waals surface area (Å²) in [5, 5.41) is 0. The summed E-state index contributed by atoms with van der Waals surface area (Å²) in [6.07, 6.45) is 1.20. The van der Waals surface area contributed by atoms with Gasteiger partial charge in [-0.05, 0) is 29.7 Å². The molecule has 1 aromatic rings. The largest absolute Gasteiger partial charge is 0.329 e. The summed E-state index contributed by atoms with van der Waals surface area (Å²) >= 11 is 2.07. The lowest BCUT2D eigenvalue weighted by Crippen LogP contribution is -2.59. The summed E-state index contributed by atoms with van der Waals surface area (Å²) in [5.41, 5.74) is 8.15. The van der Waals surface area contributed by atoms with Crippen LogP contribution in [0, 0.1) is 5.41 Å². The van der Waals surface area contributed by atoms with Crippen molar-refractivity contribution in [1.29, 1.82) is 0 Å². The van der Waals surface area contributed by atoms with Crippen molar-refractivity contribution in [2.24, 2.45) is 11.1 Å². The first-order valence-corrected chi connectivity index (χ1v) is 8.74. The van der Waals surface area contributed by atoms with Crippen molar-refractivity contribution >= 4 is 11.8 Å². The van der Waals surface area contributed by atoms with E-state index in [0.29, 0.717) is 5.41 Å². The lowest BCUT2D eigenvalue weighted by molar-refractivity contribution is 0.0663. The molecule has 0 saturated carbocycles. The molecule has 112 valence electrons. The molecular weight excluding hydrogens is 264 g/mol. The molecule has 0 amide bonds. The molecule has 1 aliphatic rings. The first kappa shape index (κ1) is 15.9. The number of likely N-dealkylation sites (N-methyl/N-ethyl adjacent to an activating group) is 1. The van der Waals surface area contributed by atoms with Gasteiger partial charge in [0.15, 0.2) is 0 Å². The Bertz CT molecular complexity index is 418. The lowest BCUT2D eigenvalue weighted by atomic mass is 9.78. The van der Waals surface area contributed by atoms with Crippen molar-refractivity contribution in [2.45, 2.75) is 39.3 Å². The second kappa shape index (κ2) is 6.50. The Labute approximate surface area is 128 Å². The van der Waals surface area contributed by atoms with Crippen LogP contribution in [0.15, 0.2) is 30.3 Å². The van der Waals surface area contributed by atoms with Crippen LogP contribution < -0.4 is 5.73 Å². The fourth-order valence-electron chi connectivity index (χ4n) is 3.39. The summed E-state index contributed by atoms with van der Waals surface area (Å²) in [6, 6.07) is 10.8. The number of rotatable bonds is 5. The normalized spacial score (nSPS) is 25.9. The Balaban J connectivity index is 2.19. The molecule has 1 aromatic carbocycles. The highest BCUT2D eigenvalue weighted by Crippen LogP contribution is 2.42. The maximum Gasteiger partial charge on any atom is 0.0430 e. The van der Waals surface area contributed by atoms with Crippen LogP contribution in [0.5, 0.6) is 0 Å². The Morgan fingerprint density at radius 2 is 1.90 bits per heavy atom. The Morgan fingerprint density at radius 1 is 1.20 bits per heavy atom. The van der Waals surface area contributed by atoms with E-state index < -0.39 is 0 Å². The van der Waals surface area contributed by atoms with E-state index in [1.54, 1.807) is 0 Å². The van der Waals surface area contributed by atoms with Gasteiger partial charge >= 0.3 is 0 Å². The highest BCUT2D eigenvalue weighted by atomic mass is 32.2. The van der Waals surface area contributed by atoms with Crippen LogP contribution in [-0.4, -0.2) is 35.0 Å². The fraction of sp³-hybridized carbons (Fsp3) is 0.647. The molecular formula is C17H28N2S. The average molecular weight is 292 g/mol. The van der Waals surface area contributed by atoms with Gasteiger partial charge in [0.05, 0.1) is 0 Å². The smallest absolute Gasteiger partial charge is 0.0430 e. The van der Waals surface area contributed by atoms with Gasteiger partial charge in [-0.2, -0.15) is 11.8 Å². The minimum absolute atomic E-state index is 0.150. The van der Waals surface area contributed by atoms with Crippen molar-refractivity contribution in [3.05, 3.63) is 35.9 Å². The highest BCUT2D eigenvalue weighted by Gasteiger charge is 2.43. The zero-order valence-electron chi connectivity index (χ0n) is 13.1. The van der Waals surface area contributed by atoms with Gasteiger partial charge in [0.25, 0.3) is 0 Å². The molecule has 1 saturated heterocycles. The quantitative estimate of drug-likeness (QED) is 0.902. The number of hydrogen-bond donors (Lipinski definition) is 1. The number of nitrogens with zero attached hydrogens (tertiary/aromatic N) is 1. The van der Waals surface area contributed by atoms with Crippen molar-refractivity contribution in [2.75, 3.05) is 24.6 Å². The van der Waals surface area contributed by atoms with Crippen LogP contribution in [0.4, 0.5) is 0 Å². The molecule has 1 atom stereocenters. The van der Waals surface area contributed by atoms with Gasteiger partial charge in [0, 0.05) is 24.4 Å². The van der Waals surface area contributed by atoms with E-state index in [1.165, 1.54) is 17.7 Å². The molecule has 0 aromatic heterocycles. The van der Waals surface area contributed by atoms with E-state index in [9.17, 15) is 0 Å². The molecule has 0 spiro atoms. The standard InChI is InChI=1S/C17H28N2S/c1-4-19(10-15-8-6-5-7-9-15)17(12-18)11-16(2,3)13-20-14-17/h5-9H,4,10-14,18H2,1-3H3. The molecule has 1 aliphatic heterocycles. The van der Waals surface area contributed by atoms with E-state index in [1.807, 2.05) is 0 Å². The molecule has 2 N–H and O–H groups in total. The van der Waals surface area contributed by atoms with E-state index in [-0.39, 0.29) is 5.54 Å². The lowest BCUT2D eigenvalue weighted by Gasteiger charge is -2.50. The van der Waals surface area contributed by atoms with Gasteiger partial charge in [-0.25, -0.2) is 0 Å². The average Bonchev–Trinajstić information content (AvgIpc) is 2.44. The Morgan fingerprint density at radius 3 is 2.45 bits per heavy atom. The van der Waals surface area contributed by atoms with Crippen LogP contribution in [-0.2, 0) is 6.54 Å². The highest BCUT2D eigenvalue weighted by molar-refractivity contribution is 7.99. The topological polar surface area (TPSA) is 29.3 Å². The number of hydrogen-bond acceptors (Lipinski definition) is 3. The molecule has 1 fully saturated rings.